The first-order valence-corrected chi connectivity index (χ1v) is 7.47. The van der Waals surface area contributed by atoms with E-state index in [0.717, 1.165) is 32.7 Å². The van der Waals surface area contributed by atoms with E-state index >= 15 is 0 Å². The Morgan fingerprint density at radius 1 is 1.24 bits per heavy atom. The third-order valence-electron chi connectivity index (χ3n) is 3.97. The van der Waals surface area contributed by atoms with E-state index in [1.165, 1.54) is 6.42 Å². The molecule has 21 heavy (non-hydrogen) atoms. The number of hydrogen-bond acceptors (Lipinski definition) is 8. The molecule has 0 radical (unpaired) electrons. The second-order valence-corrected chi connectivity index (χ2v) is 5.71. The van der Waals surface area contributed by atoms with E-state index in [1.54, 1.807) is 0 Å². The number of nitrogens with one attached hydrogen (secondary N) is 1. The van der Waals surface area contributed by atoms with Crippen LogP contribution in [0.1, 0.15) is 6.42 Å². The largest absolute Gasteiger partial charge is 0.378 e. The first-order chi connectivity index (χ1) is 10.2. The zero-order valence-electron chi connectivity index (χ0n) is 12.5. The molecule has 0 bridgehead atoms. The summed E-state index contributed by atoms with van der Waals surface area (Å²) < 4.78 is 5.34. The summed E-state index contributed by atoms with van der Waals surface area (Å²) >= 11 is 0. The summed E-state index contributed by atoms with van der Waals surface area (Å²) in [4.78, 5) is 17.3. The van der Waals surface area contributed by atoms with Crippen molar-refractivity contribution in [1.82, 2.24) is 19.9 Å². The molecule has 3 N–H and O–H groups in total. The van der Waals surface area contributed by atoms with Gasteiger partial charge in [-0.3, -0.25) is 0 Å². The maximum atomic E-state index is 5.80. The van der Waals surface area contributed by atoms with Gasteiger partial charge in [-0.2, -0.15) is 15.0 Å². The number of ether oxygens (including phenoxy) is 1. The maximum absolute atomic E-state index is 5.80. The smallest absolute Gasteiger partial charge is 0.232 e. The van der Waals surface area contributed by atoms with Crippen LogP contribution < -0.4 is 16.0 Å². The molecular weight excluding hydrogens is 270 g/mol. The topological polar surface area (TPSA) is 92.4 Å². The predicted octanol–water partition coefficient (Wildman–Crippen LogP) is -0.346. The van der Waals surface area contributed by atoms with E-state index in [9.17, 15) is 0 Å². The second kappa shape index (κ2) is 6.40. The molecule has 2 fully saturated rings. The molecule has 8 heteroatoms. The Hall–Kier alpha value is -1.67. The van der Waals surface area contributed by atoms with Crippen molar-refractivity contribution in [3.63, 3.8) is 0 Å². The van der Waals surface area contributed by atoms with Crippen LogP contribution in [0, 0.1) is 5.92 Å². The Balaban J connectivity index is 1.63. The van der Waals surface area contributed by atoms with Gasteiger partial charge in [0.2, 0.25) is 17.8 Å². The van der Waals surface area contributed by atoms with Crippen molar-refractivity contribution in [2.45, 2.75) is 6.42 Å². The molecule has 2 aliphatic rings. The summed E-state index contributed by atoms with van der Waals surface area (Å²) in [6.07, 6.45) is 1.21. The van der Waals surface area contributed by atoms with Gasteiger partial charge in [-0.25, -0.2) is 0 Å². The number of nitrogen functional groups attached to an aromatic ring is 1. The van der Waals surface area contributed by atoms with Crippen molar-refractivity contribution in [1.29, 1.82) is 0 Å². The first kappa shape index (κ1) is 14.3. The van der Waals surface area contributed by atoms with Crippen molar-refractivity contribution in [3.8, 4) is 0 Å². The van der Waals surface area contributed by atoms with Crippen LogP contribution in [0.25, 0.3) is 0 Å². The minimum absolute atomic E-state index is 0.262. The lowest BCUT2D eigenvalue weighted by atomic mass is 10.1. The van der Waals surface area contributed by atoms with Crippen LogP contribution in [-0.4, -0.2) is 72.8 Å². The number of aromatic nitrogens is 3. The summed E-state index contributed by atoms with van der Waals surface area (Å²) in [6, 6.07) is 0. The van der Waals surface area contributed by atoms with E-state index in [4.69, 9.17) is 10.5 Å². The number of nitrogens with two attached hydrogens (primary N) is 1. The van der Waals surface area contributed by atoms with Gasteiger partial charge in [0.25, 0.3) is 0 Å². The molecule has 0 spiro atoms. The molecule has 0 aromatic carbocycles. The van der Waals surface area contributed by atoms with Crippen molar-refractivity contribution >= 4 is 17.8 Å². The lowest BCUT2D eigenvalue weighted by Crippen LogP contribution is -2.37. The number of likely N-dealkylation sites (tertiary alicyclic amines) is 1. The van der Waals surface area contributed by atoms with Gasteiger partial charge in [0.1, 0.15) is 0 Å². The standard InChI is InChI=1S/C13H23N7O/c1-19-3-2-10(9-19)8-15-12-16-11(14)17-13(18-12)20-4-6-21-7-5-20/h10H,2-9H2,1H3,(H3,14,15,16,17,18). The van der Waals surface area contributed by atoms with Gasteiger partial charge in [0.15, 0.2) is 0 Å². The van der Waals surface area contributed by atoms with Crippen LogP contribution in [-0.2, 0) is 4.74 Å². The lowest BCUT2D eigenvalue weighted by Gasteiger charge is -2.26. The Bertz CT molecular complexity index is 478. The second-order valence-electron chi connectivity index (χ2n) is 5.71. The number of anilines is 3. The molecule has 0 saturated carbocycles. The van der Waals surface area contributed by atoms with E-state index in [1.807, 2.05) is 0 Å². The summed E-state index contributed by atoms with van der Waals surface area (Å²) in [5.74, 6) is 2.10. The normalized spacial score (nSPS) is 23.5. The number of rotatable bonds is 4. The molecule has 0 aliphatic carbocycles. The minimum atomic E-state index is 0.262. The van der Waals surface area contributed by atoms with Gasteiger partial charge >= 0.3 is 0 Å². The highest BCUT2D eigenvalue weighted by molar-refractivity contribution is 5.42. The SMILES string of the molecule is CN1CCC(CNc2nc(N)nc(N3CCOCC3)n2)C1. The van der Waals surface area contributed by atoms with Gasteiger partial charge in [0, 0.05) is 26.2 Å². The van der Waals surface area contributed by atoms with E-state index in [-0.39, 0.29) is 5.95 Å². The Kier molecular flexibility index (Phi) is 4.35. The average molecular weight is 293 g/mol. The Labute approximate surface area is 124 Å². The zero-order valence-corrected chi connectivity index (χ0v) is 12.5. The van der Waals surface area contributed by atoms with Gasteiger partial charge in [0.05, 0.1) is 13.2 Å². The minimum Gasteiger partial charge on any atom is -0.378 e. The molecule has 1 unspecified atom stereocenters. The molecule has 1 atom stereocenters. The summed E-state index contributed by atoms with van der Waals surface area (Å²) in [5.41, 5.74) is 5.80. The van der Waals surface area contributed by atoms with Crippen LogP contribution >= 0.6 is 0 Å². The molecular formula is C13H23N7O. The van der Waals surface area contributed by atoms with Gasteiger partial charge in [-0.05, 0) is 25.9 Å². The van der Waals surface area contributed by atoms with Crippen molar-refractivity contribution in [2.75, 3.05) is 68.9 Å². The summed E-state index contributed by atoms with van der Waals surface area (Å²) in [6.45, 7) is 6.11. The van der Waals surface area contributed by atoms with E-state index < -0.39 is 0 Å². The molecule has 2 saturated heterocycles. The van der Waals surface area contributed by atoms with Gasteiger partial charge in [-0.15, -0.1) is 0 Å². The molecule has 8 nitrogen and oxygen atoms in total. The zero-order chi connectivity index (χ0) is 14.7. The number of hydrogen-bond donors (Lipinski definition) is 2. The third-order valence-corrected chi connectivity index (χ3v) is 3.97. The number of nitrogens with zero attached hydrogens (tertiary/aromatic N) is 5. The van der Waals surface area contributed by atoms with Gasteiger partial charge in [-0.1, -0.05) is 0 Å². The molecule has 1 aromatic rings. The highest BCUT2D eigenvalue weighted by Gasteiger charge is 2.20. The number of morpholine rings is 1. The van der Waals surface area contributed by atoms with E-state index in [2.05, 4.69) is 37.1 Å². The van der Waals surface area contributed by atoms with E-state index in [0.29, 0.717) is 31.0 Å². The Morgan fingerprint density at radius 3 is 2.76 bits per heavy atom. The fraction of sp³-hybridized carbons (Fsp3) is 0.769. The average Bonchev–Trinajstić information content (AvgIpc) is 2.91. The quantitative estimate of drug-likeness (QED) is 0.778. The monoisotopic (exact) mass is 293 g/mol. The summed E-state index contributed by atoms with van der Waals surface area (Å²) in [5, 5.41) is 3.30. The van der Waals surface area contributed by atoms with Crippen LogP contribution in [0.2, 0.25) is 0 Å². The highest BCUT2D eigenvalue weighted by Crippen LogP contribution is 2.16. The van der Waals surface area contributed by atoms with Crippen molar-refractivity contribution in [2.24, 2.45) is 5.92 Å². The summed E-state index contributed by atoms with van der Waals surface area (Å²) in [7, 11) is 2.15. The lowest BCUT2D eigenvalue weighted by molar-refractivity contribution is 0.122. The molecule has 0 amide bonds. The first-order valence-electron chi connectivity index (χ1n) is 7.47. The maximum Gasteiger partial charge on any atom is 0.232 e. The molecule has 3 rings (SSSR count). The highest BCUT2D eigenvalue weighted by atomic mass is 16.5. The fourth-order valence-electron chi connectivity index (χ4n) is 2.79. The van der Waals surface area contributed by atoms with Crippen LogP contribution in [0.15, 0.2) is 0 Å². The third kappa shape index (κ3) is 3.70. The fourth-order valence-corrected chi connectivity index (χ4v) is 2.79. The van der Waals surface area contributed by atoms with Crippen LogP contribution in [0.4, 0.5) is 17.8 Å². The predicted molar refractivity (Wildman–Crippen MR) is 81.4 cm³/mol. The van der Waals surface area contributed by atoms with Crippen LogP contribution in [0.3, 0.4) is 0 Å². The molecule has 2 aliphatic heterocycles. The molecule has 3 heterocycles. The van der Waals surface area contributed by atoms with Crippen molar-refractivity contribution < 1.29 is 4.74 Å². The molecule has 1 aromatic heterocycles. The van der Waals surface area contributed by atoms with Crippen LogP contribution in [0.5, 0.6) is 0 Å². The van der Waals surface area contributed by atoms with Gasteiger partial charge < -0.3 is 25.6 Å². The Morgan fingerprint density at radius 2 is 2.05 bits per heavy atom. The van der Waals surface area contributed by atoms with Crippen molar-refractivity contribution in [3.05, 3.63) is 0 Å². The molecule has 116 valence electrons.